The number of amides is 1. The van der Waals surface area contributed by atoms with Crippen molar-refractivity contribution in [2.45, 2.75) is 25.2 Å². The Balaban J connectivity index is 1.99. The van der Waals surface area contributed by atoms with E-state index < -0.39 is 15.3 Å². The molecule has 0 bridgehead atoms. The largest absolute Gasteiger partial charge is 0.354 e. The van der Waals surface area contributed by atoms with E-state index in [1.807, 2.05) is 12.1 Å². The lowest BCUT2D eigenvalue weighted by molar-refractivity contribution is -0.123. The van der Waals surface area contributed by atoms with Crippen molar-refractivity contribution < 1.29 is 13.2 Å². The van der Waals surface area contributed by atoms with Crippen molar-refractivity contribution in [3.63, 3.8) is 0 Å². The van der Waals surface area contributed by atoms with Gasteiger partial charge < -0.3 is 5.32 Å². The van der Waals surface area contributed by atoms with Gasteiger partial charge in [-0.2, -0.15) is 0 Å². The molecule has 1 fully saturated rings. The lowest BCUT2D eigenvalue weighted by Gasteiger charge is -2.16. The minimum atomic E-state index is -3.05. The van der Waals surface area contributed by atoms with Gasteiger partial charge in [0.25, 0.3) is 0 Å². The van der Waals surface area contributed by atoms with Crippen LogP contribution in [0.5, 0.6) is 0 Å². The second-order valence-electron chi connectivity index (χ2n) is 5.08. The van der Waals surface area contributed by atoms with Crippen LogP contribution in [-0.4, -0.2) is 32.4 Å². The number of carbonyl (C=O) groups excluding carboxylic acids is 1. The van der Waals surface area contributed by atoms with Crippen LogP contribution in [0.3, 0.4) is 0 Å². The molecule has 1 aliphatic rings. The molecule has 0 atom stereocenters. The van der Waals surface area contributed by atoms with Crippen LogP contribution in [-0.2, 0) is 20.0 Å². The summed E-state index contributed by atoms with van der Waals surface area (Å²) in [7, 11) is -3.05. The number of hydrogen-bond donors (Lipinski definition) is 1. The standard InChI is InChI=1S/C14H18ClNO3S/c1-2-20(18,19)9-8-16-13(17)14(6-7-14)11-4-3-5-12(15)10-11/h3-5,10H,2,6-9H2,1H3,(H,16,17). The first-order valence-electron chi connectivity index (χ1n) is 6.64. The van der Waals surface area contributed by atoms with E-state index in [-0.39, 0.29) is 24.0 Å². The van der Waals surface area contributed by atoms with E-state index in [2.05, 4.69) is 5.32 Å². The Morgan fingerprint density at radius 3 is 2.65 bits per heavy atom. The Labute approximate surface area is 124 Å². The summed E-state index contributed by atoms with van der Waals surface area (Å²) in [6.45, 7) is 1.77. The van der Waals surface area contributed by atoms with Crippen LogP contribution in [0.25, 0.3) is 0 Å². The Morgan fingerprint density at radius 1 is 1.40 bits per heavy atom. The van der Waals surface area contributed by atoms with Crippen molar-refractivity contribution in [2.24, 2.45) is 0 Å². The second-order valence-corrected chi connectivity index (χ2v) is 7.99. The van der Waals surface area contributed by atoms with Crippen LogP contribution < -0.4 is 5.32 Å². The first kappa shape index (κ1) is 15.3. The fourth-order valence-electron chi connectivity index (χ4n) is 2.19. The average Bonchev–Trinajstić information content (AvgIpc) is 3.20. The van der Waals surface area contributed by atoms with Crippen LogP contribution in [0.2, 0.25) is 5.02 Å². The van der Waals surface area contributed by atoms with Crippen LogP contribution in [0.1, 0.15) is 25.3 Å². The fourth-order valence-corrected chi connectivity index (χ4v) is 3.08. The number of benzene rings is 1. The molecule has 1 N–H and O–H groups in total. The normalized spacial score (nSPS) is 16.7. The van der Waals surface area contributed by atoms with Gasteiger partial charge in [0, 0.05) is 17.3 Å². The Kier molecular flexibility index (Phi) is 4.39. The first-order chi connectivity index (χ1) is 9.39. The van der Waals surface area contributed by atoms with Crippen LogP contribution >= 0.6 is 11.6 Å². The molecule has 20 heavy (non-hydrogen) atoms. The van der Waals surface area contributed by atoms with Gasteiger partial charge in [0.05, 0.1) is 11.2 Å². The molecule has 1 aromatic rings. The third-order valence-electron chi connectivity index (χ3n) is 3.70. The van der Waals surface area contributed by atoms with Crippen LogP contribution in [0, 0.1) is 0 Å². The Hall–Kier alpha value is -1.07. The molecule has 0 spiro atoms. The molecule has 1 aliphatic carbocycles. The van der Waals surface area contributed by atoms with Gasteiger partial charge in [0.1, 0.15) is 0 Å². The molecule has 2 rings (SSSR count). The topological polar surface area (TPSA) is 63.2 Å². The predicted octanol–water partition coefficient (Wildman–Crippen LogP) is 1.92. The molecule has 4 nitrogen and oxygen atoms in total. The van der Waals surface area contributed by atoms with E-state index in [4.69, 9.17) is 11.6 Å². The smallest absolute Gasteiger partial charge is 0.230 e. The fraction of sp³-hybridized carbons (Fsp3) is 0.500. The molecule has 110 valence electrons. The van der Waals surface area contributed by atoms with Crippen molar-refractivity contribution in [3.8, 4) is 0 Å². The number of halogens is 1. The van der Waals surface area contributed by atoms with Gasteiger partial charge in [-0.3, -0.25) is 4.79 Å². The summed E-state index contributed by atoms with van der Waals surface area (Å²) in [5, 5.41) is 3.34. The molecular weight excluding hydrogens is 298 g/mol. The molecule has 0 heterocycles. The quantitative estimate of drug-likeness (QED) is 0.872. The van der Waals surface area contributed by atoms with Gasteiger partial charge in [-0.25, -0.2) is 8.42 Å². The highest BCUT2D eigenvalue weighted by Crippen LogP contribution is 2.48. The molecule has 0 saturated heterocycles. The number of rotatable bonds is 6. The summed E-state index contributed by atoms with van der Waals surface area (Å²) in [6.07, 6.45) is 1.55. The third kappa shape index (κ3) is 3.33. The second kappa shape index (κ2) is 5.74. The zero-order valence-electron chi connectivity index (χ0n) is 11.4. The van der Waals surface area contributed by atoms with E-state index >= 15 is 0 Å². The summed E-state index contributed by atoms with van der Waals surface area (Å²) in [4.78, 5) is 12.3. The highest BCUT2D eigenvalue weighted by atomic mass is 35.5. The number of hydrogen-bond acceptors (Lipinski definition) is 3. The highest BCUT2D eigenvalue weighted by molar-refractivity contribution is 7.91. The van der Waals surface area contributed by atoms with E-state index in [1.54, 1.807) is 19.1 Å². The lowest BCUT2D eigenvalue weighted by Crippen LogP contribution is -2.37. The monoisotopic (exact) mass is 315 g/mol. The van der Waals surface area contributed by atoms with Crippen molar-refractivity contribution in [3.05, 3.63) is 34.9 Å². The zero-order valence-corrected chi connectivity index (χ0v) is 12.9. The van der Waals surface area contributed by atoms with Crippen molar-refractivity contribution in [2.75, 3.05) is 18.1 Å². The minimum Gasteiger partial charge on any atom is -0.354 e. The van der Waals surface area contributed by atoms with Gasteiger partial charge in [-0.1, -0.05) is 30.7 Å². The number of nitrogens with one attached hydrogen (secondary N) is 1. The molecule has 6 heteroatoms. The maximum atomic E-state index is 12.3. The van der Waals surface area contributed by atoms with E-state index in [0.717, 1.165) is 18.4 Å². The van der Waals surface area contributed by atoms with Gasteiger partial charge >= 0.3 is 0 Å². The Morgan fingerprint density at radius 2 is 2.10 bits per heavy atom. The molecule has 0 aromatic heterocycles. The summed E-state index contributed by atoms with van der Waals surface area (Å²) in [6, 6.07) is 7.29. The maximum absolute atomic E-state index is 12.3. The van der Waals surface area contributed by atoms with Gasteiger partial charge in [0.2, 0.25) is 5.91 Å². The van der Waals surface area contributed by atoms with E-state index in [9.17, 15) is 13.2 Å². The van der Waals surface area contributed by atoms with Crippen molar-refractivity contribution in [1.29, 1.82) is 0 Å². The molecule has 0 radical (unpaired) electrons. The van der Waals surface area contributed by atoms with Crippen LogP contribution in [0.4, 0.5) is 0 Å². The SMILES string of the molecule is CCS(=O)(=O)CCNC(=O)C1(c2cccc(Cl)c2)CC1. The minimum absolute atomic E-state index is 0.0130. The lowest BCUT2D eigenvalue weighted by atomic mass is 9.95. The number of sulfone groups is 1. The van der Waals surface area contributed by atoms with E-state index in [0.29, 0.717) is 5.02 Å². The van der Waals surface area contributed by atoms with Crippen molar-refractivity contribution in [1.82, 2.24) is 5.32 Å². The molecule has 1 aromatic carbocycles. The summed E-state index contributed by atoms with van der Waals surface area (Å²) < 4.78 is 22.8. The predicted molar refractivity (Wildman–Crippen MR) is 79.7 cm³/mol. The summed E-state index contributed by atoms with van der Waals surface area (Å²) in [5.74, 6) is -0.0190. The maximum Gasteiger partial charge on any atom is 0.230 e. The summed E-state index contributed by atoms with van der Waals surface area (Å²) >= 11 is 5.96. The van der Waals surface area contributed by atoms with Gasteiger partial charge in [-0.05, 0) is 30.5 Å². The van der Waals surface area contributed by atoms with E-state index in [1.165, 1.54) is 0 Å². The molecule has 0 unspecified atom stereocenters. The van der Waals surface area contributed by atoms with Gasteiger partial charge in [-0.15, -0.1) is 0 Å². The third-order valence-corrected chi connectivity index (χ3v) is 5.64. The first-order valence-corrected chi connectivity index (χ1v) is 8.84. The number of carbonyl (C=O) groups is 1. The Bertz CT molecular complexity index is 609. The molecule has 0 aliphatic heterocycles. The molecule has 1 amide bonds. The summed E-state index contributed by atoms with van der Waals surface area (Å²) in [5.41, 5.74) is 0.391. The van der Waals surface area contributed by atoms with Crippen molar-refractivity contribution >= 4 is 27.3 Å². The molecular formula is C14H18ClNO3S. The zero-order chi connectivity index (χ0) is 14.8. The average molecular weight is 316 g/mol. The molecule has 1 saturated carbocycles. The van der Waals surface area contributed by atoms with Crippen LogP contribution in [0.15, 0.2) is 24.3 Å². The van der Waals surface area contributed by atoms with Gasteiger partial charge in [0.15, 0.2) is 9.84 Å². The highest BCUT2D eigenvalue weighted by Gasteiger charge is 2.51.